The second kappa shape index (κ2) is 5.36. The van der Waals surface area contributed by atoms with Crippen LogP contribution < -0.4 is 0 Å². The molecule has 0 aromatic carbocycles. The van der Waals surface area contributed by atoms with Crippen LogP contribution in [0.5, 0.6) is 0 Å². The lowest BCUT2D eigenvalue weighted by Gasteiger charge is -2.03. The summed E-state index contributed by atoms with van der Waals surface area (Å²) < 4.78 is 5.42. The predicted octanol–water partition coefficient (Wildman–Crippen LogP) is 1.81. The minimum absolute atomic E-state index is 0.176. The maximum Gasteiger partial charge on any atom is 0.226 e. The third-order valence-corrected chi connectivity index (χ3v) is 2.86. The molecule has 1 unspecified atom stereocenters. The molecule has 0 aliphatic heterocycles. The van der Waals surface area contributed by atoms with E-state index < -0.39 is 0 Å². The second-order valence-electron chi connectivity index (χ2n) is 3.49. The first-order valence-electron chi connectivity index (χ1n) is 4.68. The highest BCUT2D eigenvalue weighted by molar-refractivity contribution is 7.99. The third kappa shape index (κ3) is 3.31. The van der Waals surface area contributed by atoms with E-state index in [1.165, 1.54) is 0 Å². The van der Waals surface area contributed by atoms with Crippen LogP contribution in [0.15, 0.2) is 4.42 Å². The smallest absolute Gasteiger partial charge is 0.226 e. The molecule has 1 aromatic rings. The summed E-state index contributed by atoms with van der Waals surface area (Å²) in [6, 6.07) is 0. The zero-order valence-corrected chi connectivity index (χ0v) is 9.54. The second-order valence-corrected chi connectivity index (χ2v) is 4.92. The molecule has 5 heteroatoms. The standard InChI is InChI=1S/C9H16N2O2S/c1-6(2)9-11-10-8(13-9)5-14-7(3)4-12/h6-7,12H,4-5H2,1-3H3. The summed E-state index contributed by atoms with van der Waals surface area (Å²) in [5.41, 5.74) is 0. The van der Waals surface area contributed by atoms with Crippen LogP contribution in [0.2, 0.25) is 0 Å². The SMILES string of the molecule is CC(CO)SCc1nnc(C(C)C)o1. The van der Waals surface area contributed by atoms with Crippen LogP contribution in [0.25, 0.3) is 0 Å². The Morgan fingerprint density at radius 1 is 1.36 bits per heavy atom. The van der Waals surface area contributed by atoms with Crippen LogP contribution in [0.1, 0.15) is 38.5 Å². The van der Waals surface area contributed by atoms with Crippen LogP contribution in [0.4, 0.5) is 0 Å². The lowest BCUT2D eigenvalue weighted by atomic mass is 10.2. The molecule has 0 bridgehead atoms. The normalized spacial score (nSPS) is 13.5. The van der Waals surface area contributed by atoms with Crippen LogP contribution >= 0.6 is 11.8 Å². The topological polar surface area (TPSA) is 59.2 Å². The predicted molar refractivity (Wildman–Crippen MR) is 56.2 cm³/mol. The van der Waals surface area contributed by atoms with E-state index in [0.29, 0.717) is 17.5 Å². The van der Waals surface area contributed by atoms with Gasteiger partial charge in [-0.05, 0) is 0 Å². The highest BCUT2D eigenvalue weighted by Crippen LogP contribution is 2.18. The lowest BCUT2D eigenvalue weighted by Crippen LogP contribution is -2.02. The first-order chi connectivity index (χ1) is 6.63. The van der Waals surface area contributed by atoms with Gasteiger partial charge in [-0.1, -0.05) is 20.8 Å². The van der Waals surface area contributed by atoms with Crippen molar-refractivity contribution >= 4 is 11.8 Å². The molecule has 0 aliphatic rings. The summed E-state index contributed by atoms with van der Waals surface area (Å²) in [6.45, 7) is 6.17. The maximum absolute atomic E-state index is 8.82. The van der Waals surface area contributed by atoms with E-state index in [4.69, 9.17) is 9.52 Å². The molecule has 4 nitrogen and oxygen atoms in total. The molecule has 0 saturated heterocycles. The fourth-order valence-electron chi connectivity index (χ4n) is 0.824. The summed E-state index contributed by atoms with van der Waals surface area (Å²) >= 11 is 1.61. The Morgan fingerprint density at radius 3 is 2.57 bits per heavy atom. The largest absolute Gasteiger partial charge is 0.424 e. The molecule has 1 atom stereocenters. The first kappa shape index (κ1) is 11.5. The van der Waals surface area contributed by atoms with E-state index in [0.717, 1.165) is 0 Å². The Labute approximate surface area is 88.1 Å². The van der Waals surface area contributed by atoms with Gasteiger partial charge in [0, 0.05) is 11.2 Å². The van der Waals surface area contributed by atoms with Gasteiger partial charge in [-0.15, -0.1) is 22.0 Å². The van der Waals surface area contributed by atoms with Crippen LogP contribution in [-0.4, -0.2) is 27.2 Å². The molecule has 0 aliphatic carbocycles. The summed E-state index contributed by atoms with van der Waals surface area (Å²) in [5.74, 6) is 2.26. The van der Waals surface area contributed by atoms with Crippen molar-refractivity contribution in [3.63, 3.8) is 0 Å². The molecule has 0 saturated carbocycles. The van der Waals surface area contributed by atoms with Crippen molar-refractivity contribution in [3.05, 3.63) is 11.8 Å². The first-order valence-corrected chi connectivity index (χ1v) is 5.73. The van der Waals surface area contributed by atoms with E-state index in [2.05, 4.69) is 10.2 Å². The molecule has 0 amide bonds. The van der Waals surface area contributed by atoms with Crippen molar-refractivity contribution in [1.29, 1.82) is 0 Å². The molecule has 1 aromatic heterocycles. The van der Waals surface area contributed by atoms with E-state index in [-0.39, 0.29) is 17.8 Å². The van der Waals surface area contributed by atoms with Gasteiger partial charge < -0.3 is 9.52 Å². The number of hydrogen-bond acceptors (Lipinski definition) is 5. The Bertz CT molecular complexity index is 276. The minimum atomic E-state index is 0.176. The minimum Gasteiger partial charge on any atom is -0.424 e. The molecule has 0 spiro atoms. The highest BCUT2D eigenvalue weighted by Gasteiger charge is 2.10. The molecule has 80 valence electrons. The molecule has 1 rings (SSSR count). The van der Waals surface area contributed by atoms with Crippen molar-refractivity contribution in [2.24, 2.45) is 0 Å². The summed E-state index contributed by atoms with van der Waals surface area (Å²) in [6.07, 6.45) is 0. The molecular weight excluding hydrogens is 200 g/mol. The van der Waals surface area contributed by atoms with Gasteiger partial charge in [0.15, 0.2) is 0 Å². The molecule has 14 heavy (non-hydrogen) atoms. The van der Waals surface area contributed by atoms with Gasteiger partial charge >= 0.3 is 0 Å². The van der Waals surface area contributed by atoms with E-state index >= 15 is 0 Å². The van der Waals surface area contributed by atoms with Gasteiger partial charge in [0.2, 0.25) is 11.8 Å². The van der Waals surface area contributed by atoms with E-state index in [1.54, 1.807) is 11.8 Å². The molecule has 1 N–H and O–H groups in total. The van der Waals surface area contributed by atoms with E-state index in [9.17, 15) is 0 Å². The third-order valence-electron chi connectivity index (χ3n) is 1.72. The Hall–Kier alpha value is -0.550. The van der Waals surface area contributed by atoms with Crippen molar-refractivity contribution in [2.75, 3.05) is 6.61 Å². The van der Waals surface area contributed by atoms with Gasteiger partial charge in [-0.25, -0.2) is 0 Å². The lowest BCUT2D eigenvalue weighted by molar-refractivity contribution is 0.300. The monoisotopic (exact) mass is 216 g/mol. The zero-order chi connectivity index (χ0) is 10.6. The number of hydrogen-bond donors (Lipinski definition) is 1. The van der Waals surface area contributed by atoms with E-state index in [1.807, 2.05) is 20.8 Å². The number of nitrogens with zero attached hydrogens (tertiary/aromatic N) is 2. The Balaban J connectivity index is 2.44. The van der Waals surface area contributed by atoms with Crippen LogP contribution in [-0.2, 0) is 5.75 Å². The fourth-order valence-corrected chi connectivity index (χ4v) is 1.47. The van der Waals surface area contributed by atoms with Crippen molar-refractivity contribution < 1.29 is 9.52 Å². The Morgan fingerprint density at radius 2 is 2.07 bits per heavy atom. The van der Waals surface area contributed by atoms with Crippen molar-refractivity contribution in [2.45, 2.75) is 37.7 Å². The summed E-state index contributed by atoms with van der Waals surface area (Å²) in [7, 11) is 0. The van der Waals surface area contributed by atoms with Crippen molar-refractivity contribution in [3.8, 4) is 0 Å². The summed E-state index contributed by atoms with van der Waals surface area (Å²) in [4.78, 5) is 0. The maximum atomic E-state index is 8.82. The number of aliphatic hydroxyl groups is 1. The van der Waals surface area contributed by atoms with Crippen molar-refractivity contribution in [1.82, 2.24) is 10.2 Å². The summed E-state index contributed by atoms with van der Waals surface area (Å²) in [5, 5.41) is 16.9. The quantitative estimate of drug-likeness (QED) is 0.813. The Kier molecular flexibility index (Phi) is 4.41. The van der Waals surface area contributed by atoms with Gasteiger partial charge in [-0.2, -0.15) is 0 Å². The average Bonchev–Trinajstić information content (AvgIpc) is 2.62. The van der Waals surface area contributed by atoms with Gasteiger partial charge in [-0.3, -0.25) is 0 Å². The average molecular weight is 216 g/mol. The molecular formula is C9H16N2O2S. The fraction of sp³-hybridized carbons (Fsp3) is 0.778. The number of aromatic nitrogens is 2. The number of thioether (sulfide) groups is 1. The van der Waals surface area contributed by atoms with Gasteiger partial charge in [0.25, 0.3) is 0 Å². The number of rotatable bonds is 5. The van der Waals surface area contributed by atoms with Crippen LogP contribution in [0.3, 0.4) is 0 Å². The number of aliphatic hydroxyl groups excluding tert-OH is 1. The molecule has 0 radical (unpaired) electrons. The van der Waals surface area contributed by atoms with Crippen LogP contribution in [0, 0.1) is 0 Å². The van der Waals surface area contributed by atoms with Gasteiger partial charge in [0.05, 0.1) is 12.4 Å². The highest BCUT2D eigenvalue weighted by atomic mass is 32.2. The molecule has 0 fully saturated rings. The molecule has 1 heterocycles. The zero-order valence-electron chi connectivity index (χ0n) is 8.73. The van der Waals surface area contributed by atoms with Gasteiger partial charge in [0.1, 0.15) is 0 Å².